The van der Waals surface area contributed by atoms with Crippen LogP contribution < -0.4 is 0 Å². The van der Waals surface area contributed by atoms with E-state index in [4.69, 9.17) is 4.74 Å². The zero-order chi connectivity index (χ0) is 13.9. The Bertz CT molecular complexity index is 280. The summed E-state index contributed by atoms with van der Waals surface area (Å²) in [6.07, 6.45) is 5.46. The summed E-state index contributed by atoms with van der Waals surface area (Å²) in [7, 11) is 0. The third-order valence-corrected chi connectivity index (χ3v) is 4.75. The van der Waals surface area contributed by atoms with Crippen LogP contribution in [0.15, 0.2) is 0 Å². The highest BCUT2D eigenvalue weighted by molar-refractivity contribution is 4.92. The SMILES string of the molecule is CCOC(C)(C)CN1CC2CCCCN2CC1CC. The van der Waals surface area contributed by atoms with Crippen molar-refractivity contribution in [2.24, 2.45) is 0 Å². The van der Waals surface area contributed by atoms with Gasteiger partial charge in [0.25, 0.3) is 0 Å². The van der Waals surface area contributed by atoms with Crippen molar-refractivity contribution in [1.82, 2.24) is 9.80 Å². The second-order valence-corrected chi connectivity index (χ2v) is 6.83. The molecule has 0 radical (unpaired) electrons. The van der Waals surface area contributed by atoms with Crippen molar-refractivity contribution in [3.05, 3.63) is 0 Å². The maximum Gasteiger partial charge on any atom is 0.0752 e. The molecule has 0 aromatic heterocycles. The summed E-state index contributed by atoms with van der Waals surface area (Å²) < 4.78 is 5.91. The van der Waals surface area contributed by atoms with Crippen LogP contribution in [0.4, 0.5) is 0 Å². The Morgan fingerprint density at radius 3 is 2.63 bits per heavy atom. The minimum absolute atomic E-state index is 0.0149. The van der Waals surface area contributed by atoms with Gasteiger partial charge in [-0.3, -0.25) is 9.80 Å². The van der Waals surface area contributed by atoms with E-state index in [9.17, 15) is 0 Å². The van der Waals surface area contributed by atoms with Crippen molar-refractivity contribution < 1.29 is 4.74 Å². The van der Waals surface area contributed by atoms with Crippen molar-refractivity contribution in [2.45, 2.75) is 71.1 Å². The smallest absolute Gasteiger partial charge is 0.0752 e. The first-order chi connectivity index (χ1) is 9.05. The van der Waals surface area contributed by atoms with E-state index in [1.165, 1.54) is 45.3 Å². The second-order valence-electron chi connectivity index (χ2n) is 6.83. The Labute approximate surface area is 119 Å². The van der Waals surface area contributed by atoms with Gasteiger partial charge in [0, 0.05) is 38.3 Å². The molecule has 2 fully saturated rings. The summed E-state index contributed by atoms with van der Waals surface area (Å²) in [5.41, 5.74) is -0.0149. The number of nitrogens with zero attached hydrogens (tertiary/aromatic N) is 2. The Morgan fingerprint density at radius 1 is 1.16 bits per heavy atom. The van der Waals surface area contributed by atoms with Crippen molar-refractivity contribution in [2.75, 3.05) is 32.8 Å². The van der Waals surface area contributed by atoms with Crippen molar-refractivity contribution in [3.63, 3.8) is 0 Å². The van der Waals surface area contributed by atoms with E-state index < -0.39 is 0 Å². The summed E-state index contributed by atoms with van der Waals surface area (Å²) in [6.45, 7) is 14.6. The lowest BCUT2D eigenvalue weighted by Gasteiger charge is -2.50. The lowest BCUT2D eigenvalue weighted by molar-refractivity contribution is -0.0693. The van der Waals surface area contributed by atoms with Gasteiger partial charge in [0.05, 0.1) is 5.60 Å². The standard InChI is InChI=1S/C16H32N2O/c1-5-14-11-17-10-8-7-9-15(17)12-18(14)13-16(3,4)19-6-2/h14-15H,5-13H2,1-4H3. The van der Waals surface area contributed by atoms with Crippen LogP contribution in [0.3, 0.4) is 0 Å². The van der Waals surface area contributed by atoms with Crippen molar-refractivity contribution in [3.8, 4) is 0 Å². The van der Waals surface area contributed by atoms with E-state index in [-0.39, 0.29) is 5.60 Å². The third kappa shape index (κ3) is 3.93. The monoisotopic (exact) mass is 268 g/mol. The Balaban J connectivity index is 1.97. The van der Waals surface area contributed by atoms with Crippen LogP contribution >= 0.6 is 0 Å². The van der Waals surface area contributed by atoms with Crippen LogP contribution in [0, 0.1) is 0 Å². The number of rotatable bonds is 5. The maximum absolute atomic E-state index is 5.91. The highest BCUT2D eigenvalue weighted by atomic mass is 16.5. The van der Waals surface area contributed by atoms with Gasteiger partial charge in [-0.2, -0.15) is 0 Å². The average Bonchev–Trinajstić information content (AvgIpc) is 2.37. The fourth-order valence-electron chi connectivity index (χ4n) is 3.82. The fraction of sp³-hybridized carbons (Fsp3) is 1.00. The molecule has 0 spiro atoms. The normalized spacial score (nSPS) is 30.3. The van der Waals surface area contributed by atoms with E-state index in [1.807, 2.05) is 0 Å². The Morgan fingerprint density at radius 2 is 1.95 bits per heavy atom. The van der Waals surface area contributed by atoms with Crippen LogP contribution in [0.25, 0.3) is 0 Å². The summed E-state index contributed by atoms with van der Waals surface area (Å²) >= 11 is 0. The molecule has 2 aliphatic heterocycles. The van der Waals surface area contributed by atoms with Crippen molar-refractivity contribution in [1.29, 1.82) is 0 Å². The molecule has 2 unspecified atom stereocenters. The minimum Gasteiger partial charge on any atom is -0.375 e. The number of fused-ring (bicyclic) bond motifs is 1. The van der Waals surface area contributed by atoms with E-state index in [1.54, 1.807) is 0 Å². The molecule has 2 saturated heterocycles. The molecule has 0 aromatic carbocycles. The van der Waals surface area contributed by atoms with Gasteiger partial charge >= 0.3 is 0 Å². The molecule has 2 atom stereocenters. The molecule has 0 aromatic rings. The first-order valence-corrected chi connectivity index (χ1v) is 8.17. The van der Waals surface area contributed by atoms with Gasteiger partial charge in [0.2, 0.25) is 0 Å². The molecule has 3 heteroatoms. The molecule has 0 bridgehead atoms. The number of piperazine rings is 1. The van der Waals surface area contributed by atoms with E-state index >= 15 is 0 Å². The first-order valence-electron chi connectivity index (χ1n) is 8.17. The first kappa shape index (κ1) is 15.3. The van der Waals surface area contributed by atoms with Crippen LogP contribution in [-0.4, -0.2) is 60.3 Å². The molecule has 0 amide bonds. The van der Waals surface area contributed by atoms with Gasteiger partial charge in [-0.05, 0) is 46.6 Å². The van der Waals surface area contributed by atoms with Gasteiger partial charge in [0.15, 0.2) is 0 Å². The molecule has 3 nitrogen and oxygen atoms in total. The molecule has 2 aliphatic rings. The van der Waals surface area contributed by atoms with Crippen LogP contribution in [0.5, 0.6) is 0 Å². The van der Waals surface area contributed by atoms with Gasteiger partial charge in [-0.15, -0.1) is 0 Å². The third-order valence-electron chi connectivity index (χ3n) is 4.75. The molecule has 2 rings (SSSR count). The van der Waals surface area contributed by atoms with E-state index in [2.05, 4.69) is 37.5 Å². The summed E-state index contributed by atoms with van der Waals surface area (Å²) in [6, 6.07) is 1.52. The molecular weight excluding hydrogens is 236 g/mol. The number of piperidine rings is 1. The average molecular weight is 268 g/mol. The second kappa shape index (κ2) is 6.55. The number of ether oxygens (including phenoxy) is 1. The quantitative estimate of drug-likeness (QED) is 0.762. The minimum atomic E-state index is -0.0149. The largest absolute Gasteiger partial charge is 0.375 e. The molecule has 19 heavy (non-hydrogen) atoms. The molecule has 0 saturated carbocycles. The summed E-state index contributed by atoms with van der Waals surface area (Å²) in [4.78, 5) is 5.43. The maximum atomic E-state index is 5.91. The lowest BCUT2D eigenvalue weighted by Crippen LogP contribution is -2.61. The van der Waals surface area contributed by atoms with Crippen LogP contribution in [0.1, 0.15) is 53.4 Å². The predicted octanol–water partition coefficient (Wildman–Crippen LogP) is 2.75. The zero-order valence-corrected chi connectivity index (χ0v) is 13.3. The highest BCUT2D eigenvalue weighted by Crippen LogP contribution is 2.27. The zero-order valence-electron chi connectivity index (χ0n) is 13.3. The van der Waals surface area contributed by atoms with Gasteiger partial charge in [-0.1, -0.05) is 13.3 Å². The van der Waals surface area contributed by atoms with Gasteiger partial charge in [0.1, 0.15) is 0 Å². The molecule has 2 heterocycles. The Kier molecular flexibility index (Phi) is 5.27. The molecule has 0 aliphatic carbocycles. The lowest BCUT2D eigenvalue weighted by atomic mass is 9.94. The molecule has 112 valence electrons. The molecular formula is C16H32N2O. The van der Waals surface area contributed by atoms with Crippen molar-refractivity contribution >= 4 is 0 Å². The molecule has 0 N–H and O–H groups in total. The summed E-state index contributed by atoms with van der Waals surface area (Å²) in [5.74, 6) is 0. The Hall–Kier alpha value is -0.120. The van der Waals surface area contributed by atoms with Crippen LogP contribution in [0.2, 0.25) is 0 Å². The topological polar surface area (TPSA) is 15.7 Å². The van der Waals surface area contributed by atoms with Gasteiger partial charge in [-0.25, -0.2) is 0 Å². The number of hydrogen-bond acceptors (Lipinski definition) is 3. The fourth-order valence-corrected chi connectivity index (χ4v) is 3.82. The number of hydrogen-bond donors (Lipinski definition) is 0. The predicted molar refractivity (Wildman–Crippen MR) is 80.6 cm³/mol. The van der Waals surface area contributed by atoms with Crippen LogP contribution in [-0.2, 0) is 4.74 Å². The van der Waals surface area contributed by atoms with E-state index in [0.717, 1.165) is 19.2 Å². The van der Waals surface area contributed by atoms with E-state index in [0.29, 0.717) is 6.04 Å². The van der Waals surface area contributed by atoms with Gasteiger partial charge < -0.3 is 4.74 Å². The summed E-state index contributed by atoms with van der Waals surface area (Å²) in [5, 5.41) is 0. The highest BCUT2D eigenvalue weighted by Gasteiger charge is 2.36.